The van der Waals surface area contributed by atoms with Crippen molar-refractivity contribution < 1.29 is 14.3 Å². The molecule has 0 N–H and O–H groups in total. The molecule has 1 atom stereocenters. The Bertz CT molecular complexity index is 271. The number of carbonyl (C=O) groups is 1. The summed E-state index contributed by atoms with van der Waals surface area (Å²) in [5.41, 5.74) is 0.616. The highest BCUT2D eigenvalue weighted by Crippen LogP contribution is 2.15. The Kier molecular flexibility index (Phi) is 4.07. The second-order valence-corrected chi connectivity index (χ2v) is 3.68. The predicted octanol–water partition coefficient (Wildman–Crippen LogP) is 2.00. The first-order valence-electron chi connectivity index (χ1n) is 4.63. The van der Waals surface area contributed by atoms with E-state index in [9.17, 15) is 4.79 Å². The molecule has 4 heteroatoms. The van der Waals surface area contributed by atoms with Crippen molar-refractivity contribution in [2.24, 2.45) is 0 Å². The van der Waals surface area contributed by atoms with Crippen LogP contribution in [0.5, 0.6) is 0 Å². The number of esters is 1. The quantitative estimate of drug-likeness (QED) is 0.409. The highest BCUT2D eigenvalue weighted by molar-refractivity contribution is 7.80. The van der Waals surface area contributed by atoms with E-state index >= 15 is 0 Å². The van der Waals surface area contributed by atoms with Crippen LogP contribution in [0.3, 0.4) is 0 Å². The van der Waals surface area contributed by atoms with Crippen LogP contribution in [0.2, 0.25) is 0 Å². The number of allylic oxidation sites excluding steroid dienone is 1. The fourth-order valence-corrected chi connectivity index (χ4v) is 1.35. The minimum absolute atomic E-state index is 0.0453. The molecule has 1 fully saturated rings. The molecule has 0 spiro atoms. The van der Waals surface area contributed by atoms with Gasteiger partial charge in [-0.1, -0.05) is 6.08 Å². The van der Waals surface area contributed by atoms with Crippen molar-refractivity contribution in [3.63, 3.8) is 0 Å². The Morgan fingerprint density at radius 1 is 1.79 bits per heavy atom. The second kappa shape index (κ2) is 5.10. The largest absolute Gasteiger partial charge is 0.480 e. The average molecular weight is 214 g/mol. The van der Waals surface area contributed by atoms with Gasteiger partial charge < -0.3 is 9.47 Å². The molecule has 1 aliphatic heterocycles. The molecule has 0 radical (unpaired) electrons. The lowest BCUT2D eigenvalue weighted by Gasteiger charge is -2.10. The van der Waals surface area contributed by atoms with Crippen molar-refractivity contribution in [1.82, 2.24) is 0 Å². The zero-order valence-corrected chi connectivity index (χ0v) is 9.23. The number of carbonyl (C=O) groups excluding carboxylic acids is 1. The van der Waals surface area contributed by atoms with Gasteiger partial charge in [0, 0.05) is 12.0 Å². The Morgan fingerprint density at radius 2 is 2.50 bits per heavy atom. The molecule has 14 heavy (non-hydrogen) atoms. The van der Waals surface area contributed by atoms with Crippen molar-refractivity contribution in [2.45, 2.75) is 32.8 Å². The van der Waals surface area contributed by atoms with Crippen LogP contribution in [0, 0.1) is 0 Å². The maximum atomic E-state index is 11.2. The zero-order chi connectivity index (χ0) is 10.6. The van der Waals surface area contributed by atoms with Gasteiger partial charge in [0.05, 0.1) is 0 Å². The molecule has 0 bridgehead atoms. The lowest BCUT2D eigenvalue weighted by atomic mass is 10.2. The molecule has 0 aromatic carbocycles. The topological polar surface area (TPSA) is 35.5 Å². The van der Waals surface area contributed by atoms with E-state index in [2.05, 4.69) is 0 Å². The number of hydrogen-bond acceptors (Lipinski definition) is 4. The van der Waals surface area contributed by atoms with Crippen molar-refractivity contribution in [3.8, 4) is 0 Å². The lowest BCUT2D eigenvalue weighted by molar-refractivity contribution is -0.141. The van der Waals surface area contributed by atoms with Gasteiger partial charge in [-0.2, -0.15) is 0 Å². The van der Waals surface area contributed by atoms with Crippen molar-refractivity contribution >= 4 is 23.2 Å². The molecule has 0 aromatic rings. The van der Waals surface area contributed by atoms with E-state index in [1.165, 1.54) is 0 Å². The van der Waals surface area contributed by atoms with E-state index < -0.39 is 0 Å². The highest BCUT2D eigenvalue weighted by atomic mass is 32.1. The first-order chi connectivity index (χ1) is 6.63. The van der Waals surface area contributed by atoms with E-state index in [1.54, 1.807) is 19.9 Å². The van der Waals surface area contributed by atoms with Crippen molar-refractivity contribution in [1.29, 1.82) is 0 Å². The maximum Gasteiger partial charge on any atom is 0.333 e. The van der Waals surface area contributed by atoms with Crippen molar-refractivity contribution in [2.75, 3.05) is 6.61 Å². The molecule has 3 nitrogen and oxygen atoms in total. The molecular formula is C10H14O3S. The summed E-state index contributed by atoms with van der Waals surface area (Å²) in [7, 11) is 0. The number of rotatable bonds is 3. The second-order valence-electron chi connectivity index (χ2n) is 3.22. The summed E-state index contributed by atoms with van der Waals surface area (Å²) in [6.45, 7) is 3.82. The van der Waals surface area contributed by atoms with Gasteiger partial charge >= 0.3 is 5.97 Å². The van der Waals surface area contributed by atoms with Gasteiger partial charge in [0.1, 0.15) is 12.7 Å². The molecule has 0 saturated carbocycles. The van der Waals surface area contributed by atoms with Gasteiger partial charge in [-0.05, 0) is 32.5 Å². The molecule has 1 heterocycles. The van der Waals surface area contributed by atoms with Crippen molar-refractivity contribution in [3.05, 3.63) is 11.6 Å². The number of thiocarbonyl (C=S) groups is 1. The van der Waals surface area contributed by atoms with E-state index in [0.29, 0.717) is 17.2 Å². The molecule has 78 valence electrons. The summed E-state index contributed by atoms with van der Waals surface area (Å²) in [4.78, 5) is 11.2. The third-order valence-corrected chi connectivity index (χ3v) is 2.42. The summed E-state index contributed by atoms with van der Waals surface area (Å²) in [5, 5.41) is 0.619. The minimum atomic E-state index is -0.283. The molecule has 1 saturated heterocycles. The molecule has 1 aliphatic rings. The van der Waals surface area contributed by atoms with Gasteiger partial charge in [0.2, 0.25) is 0 Å². The standard InChI is InChI=1S/C10H14O3S/c1-3-7(2)10(11)12-6-8-4-5-9(14)13-8/h3,8H,4-6H2,1-2H3/b7-3-. The van der Waals surface area contributed by atoms with E-state index in [4.69, 9.17) is 21.7 Å². The zero-order valence-electron chi connectivity index (χ0n) is 8.41. The molecule has 0 amide bonds. The van der Waals surface area contributed by atoms with Crippen LogP contribution < -0.4 is 0 Å². The monoisotopic (exact) mass is 214 g/mol. The first kappa shape index (κ1) is 11.2. The average Bonchev–Trinajstić information content (AvgIpc) is 2.59. The molecular weight excluding hydrogens is 200 g/mol. The third-order valence-electron chi connectivity index (χ3n) is 2.12. The Morgan fingerprint density at radius 3 is 3.00 bits per heavy atom. The lowest BCUT2D eigenvalue weighted by Crippen LogP contribution is -2.18. The Balaban J connectivity index is 2.27. The maximum absolute atomic E-state index is 11.2. The fourth-order valence-electron chi connectivity index (χ4n) is 1.10. The van der Waals surface area contributed by atoms with Crippen LogP contribution in [0.15, 0.2) is 11.6 Å². The van der Waals surface area contributed by atoms with Crippen LogP contribution in [-0.4, -0.2) is 23.7 Å². The molecule has 0 aromatic heterocycles. The third kappa shape index (κ3) is 3.10. The van der Waals surface area contributed by atoms with Crippen LogP contribution in [0.4, 0.5) is 0 Å². The van der Waals surface area contributed by atoms with Gasteiger partial charge in [0.25, 0.3) is 0 Å². The first-order valence-corrected chi connectivity index (χ1v) is 5.04. The minimum Gasteiger partial charge on any atom is -0.480 e. The predicted molar refractivity (Wildman–Crippen MR) is 57.1 cm³/mol. The van der Waals surface area contributed by atoms with Gasteiger partial charge in [-0.3, -0.25) is 0 Å². The summed E-state index contributed by atoms with van der Waals surface area (Å²) in [5.74, 6) is -0.283. The Labute approximate surface area is 89.1 Å². The Hall–Kier alpha value is -0.900. The number of hydrogen-bond donors (Lipinski definition) is 0. The normalized spacial score (nSPS) is 22.0. The molecule has 1 unspecified atom stereocenters. The summed E-state index contributed by atoms with van der Waals surface area (Å²) in [6.07, 6.45) is 3.32. The molecule has 1 rings (SSSR count). The van der Waals surface area contributed by atoms with Gasteiger partial charge in [0.15, 0.2) is 5.05 Å². The van der Waals surface area contributed by atoms with Gasteiger partial charge in [-0.25, -0.2) is 4.79 Å². The van der Waals surface area contributed by atoms with Crippen LogP contribution in [0.1, 0.15) is 26.7 Å². The van der Waals surface area contributed by atoms with E-state index in [1.807, 2.05) is 0 Å². The van der Waals surface area contributed by atoms with Crippen LogP contribution in [-0.2, 0) is 14.3 Å². The van der Waals surface area contributed by atoms with E-state index in [0.717, 1.165) is 12.8 Å². The summed E-state index contributed by atoms with van der Waals surface area (Å²) < 4.78 is 10.3. The van der Waals surface area contributed by atoms with Crippen LogP contribution >= 0.6 is 12.2 Å². The molecule has 0 aliphatic carbocycles. The summed E-state index contributed by atoms with van der Waals surface area (Å²) >= 11 is 4.88. The number of ether oxygens (including phenoxy) is 2. The summed E-state index contributed by atoms with van der Waals surface area (Å²) in [6, 6.07) is 0. The van der Waals surface area contributed by atoms with Gasteiger partial charge in [-0.15, -0.1) is 0 Å². The SMILES string of the molecule is C/C=C(/C)C(=O)OCC1CCC(=S)O1. The van der Waals surface area contributed by atoms with E-state index in [-0.39, 0.29) is 12.1 Å². The fraction of sp³-hybridized carbons (Fsp3) is 0.600. The smallest absolute Gasteiger partial charge is 0.333 e. The van der Waals surface area contributed by atoms with Crippen LogP contribution in [0.25, 0.3) is 0 Å². The highest BCUT2D eigenvalue weighted by Gasteiger charge is 2.21.